The van der Waals surface area contributed by atoms with Crippen molar-refractivity contribution < 1.29 is 33.3 Å². The number of halogens is 2. The van der Waals surface area contributed by atoms with Crippen LogP contribution >= 0.6 is 38.9 Å². The highest BCUT2D eigenvalue weighted by atomic mass is 79.9. The Morgan fingerprint density at radius 2 is 1.76 bits per heavy atom. The molecule has 0 saturated heterocycles. The highest BCUT2D eigenvalue weighted by Crippen LogP contribution is 2.40. The van der Waals surface area contributed by atoms with Gasteiger partial charge in [0.05, 0.1) is 49.3 Å². The Kier molecular flexibility index (Phi) is 10.1. The van der Waals surface area contributed by atoms with Gasteiger partial charge in [-0.1, -0.05) is 38.9 Å². The third-order valence-corrected chi connectivity index (χ3v) is 8.13. The van der Waals surface area contributed by atoms with Gasteiger partial charge in [-0.15, -0.1) is 0 Å². The number of carbonyl (C=O) groups is 2. The molecule has 0 unspecified atom stereocenters. The zero-order valence-electron chi connectivity index (χ0n) is 23.5. The molecule has 2 aromatic carbocycles. The Morgan fingerprint density at radius 3 is 2.43 bits per heavy atom. The Bertz CT molecular complexity index is 1750. The van der Waals surface area contributed by atoms with Gasteiger partial charge in [-0.05, 0) is 62.7 Å². The molecular weight excluding hydrogens is 652 g/mol. The van der Waals surface area contributed by atoms with E-state index in [1.165, 1.54) is 18.8 Å². The summed E-state index contributed by atoms with van der Waals surface area (Å²) < 4.78 is 29.3. The summed E-state index contributed by atoms with van der Waals surface area (Å²) in [6.07, 6.45) is 1.61. The van der Waals surface area contributed by atoms with Crippen LogP contribution in [0, 0.1) is 0 Å². The van der Waals surface area contributed by atoms with Crippen LogP contribution in [0.15, 0.2) is 55.9 Å². The van der Waals surface area contributed by atoms with E-state index in [2.05, 4.69) is 20.9 Å². The number of ether oxygens (including phenoxy) is 5. The number of hydrogen-bond acceptors (Lipinski definition) is 10. The molecule has 0 saturated carbocycles. The summed E-state index contributed by atoms with van der Waals surface area (Å²) in [7, 11) is 3.02. The summed E-state index contributed by atoms with van der Waals surface area (Å²) in [6.45, 7) is 5.16. The normalized spacial score (nSPS) is 14.6. The zero-order valence-corrected chi connectivity index (χ0v) is 26.6. The Hall–Kier alpha value is -3.61. The molecule has 13 heteroatoms. The zero-order chi connectivity index (χ0) is 30.6. The van der Waals surface area contributed by atoms with E-state index in [9.17, 15) is 14.4 Å². The molecule has 1 aromatic heterocycles. The van der Waals surface area contributed by atoms with Gasteiger partial charge >= 0.3 is 11.9 Å². The van der Waals surface area contributed by atoms with E-state index >= 15 is 0 Å². The Balaban J connectivity index is 1.93. The van der Waals surface area contributed by atoms with E-state index in [0.717, 1.165) is 11.3 Å². The maximum absolute atomic E-state index is 14.1. The van der Waals surface area contributed by atoms with Crippen LogP contribution in [-0.2, 0) is 19.1 Å². The first-order valence-electron chi connectivity index (χ1n) is 12.8. The van der Waals surface area contributed by atoms with Crippen LogP contribution in [0.3, 0.4) is 0 Å². The van der Waals surface area contributed by atoms with E-state index in [1.54, 1.807) is 57.2 Å². The molecule has 0 bridgehead atoms. The molecule has 2 heterocycles. The Labute approximate surface area is 258 Å². The first-order chi connectivity index (χ1) is 20.1. The fourth-order valence-electron chi connectivity index (χ4n) is 4.41. The minimum absolute atomic E-state index is 0.142. The number of aromatic nitrogens is 1. The van der Waals surface area contributed by atoms with E-state index in [-0.39, 0.29) is 25.4 Å². The van der Waals surface area contributed by atoms with Crippen molar-refractivity contribution in [2.45, 2.75) is 26.8 Å². The Morgan fingerprint density at radius 1 is 1.07 bits per heavy atom. The molecule has 0 aliphatic carbocycles. The molecule has 0 fully saturated rings. The van der Waals surface area contributed by atoms with Gasteiger partial charge < -0.3 is 23.7 Å². The van der Waals surface area contributed by atoms with Crippen LogP contribution < -0.4 is 29.1 Å². The molecule has 1 atom stereocenters. The number of esters is 2. The number of allylic oxidation sites excluding steroid dienone is 1. The van der Waals surface area contributed by atoms with Crippen molar-refractivity contribution in [1.29, 1.82) is 0 Å². The fourth-order valence-corrected chi connectivity index (χ4v) is 6.17. The van der Waals surface area contributed by atoms with E-state index < -0.39 is 23.5 Å². The highest BCUT2D eigenvalue weighted by molar-refractivity contribution is 9.10. The lowest BCUT2D eigenvalue weighted by atomic mass is 9.95. The van der Waals surface area contributed by atoms with Gasteiger partial charge in [0.15, 0.2) is 22.9 Å². The molecule has 1 aliphatic heterocycles. The minimum atomic E-state index is -0.893. The monoisotopic (exact) mass is 678 g/mol. The summed E-state index contributed by atoms with van der Waals surface area (Å²) in [5.41, 5.74) is 1.26. The predicted molar refractivity (Wildman–Crippen MR) is 161 cm³/mol. The lowest BCUT2D eigenvalue weighted by molar-refractivity contribution is -0.145. The second-order valence-electron chi connectivity index (χ2n) is 8.81. The first-order valence-corrected chi connectivity index (χ1v) is 14.8. The van der Waals surface area contributed by atoms with Crippen molar-refractivity contribution in [1.82, 2.24) is 4.57 Å². The number of fused-ring (bicyclic) bond motifs is 1. The average molecular weight is 680 g/mol. The lowest BCUT2D eigenvalue weighted by Gasteiger charge is -2.26. The number of rotatable bonds is 10. The number of hydrogen-bond donors (Lipinski definition) is 0. The number of methoxy groups -OCH3 is 2. The van der Waals surface area contributed by atoms with Gasteiger partial charge in [0.2, 0.25) is 0 Å². The number of nitrogens with zero attached hydrogens (tertiary/aromatic N) is 2. The largest absolute Gasteiger partial charge is 0.493 e. The van der Waals surface area contributed by atoms with Crippen LogP contribution in [0.25, 0.3) is 6.08 Å². The van der Waals surface area contributed by atoms with Gasteiger partial charge in [-0.25, -0.2) is 14.6 Å². The van der Waals surface area contributed by atoms with Crippen LogP contribution in [0.2, 0.25) is 5.02 Å². The maximum atomic E-state index is 14.1. The van der Waals surface area contributed by atoms with Crippen molar-refractivity contribution in [2.75, 3.05) is 34.0 Å². The quantitative estimate of drug-likeness (QED) is 0.294. The smallest absolute Gasteiger partial charge is 0.344 e. The summed E-state index contributed by atoms with van der Waals surface area (Å²) in [5.74, 6) is 0.0959. The molecule has 1 aliphatic rings. The van der Waals surface area contributed by atoms with Gasteiger partial charge in [-0.3, -0.25) is 9.36 Å². The summed E-state index contributed by atoms with van der Waals surface area (Å²) >= 11 is 11.0. The van der Waals surface area contributed by atoms with Gasteiger partial charge in [0.1, 0.15) is 5.75 Å². The van der Waals surface area contributed by atoms with Crippen molar-refractivity contribution in [3.05, 3.63) is 81.9 Å². The molecular formula is C29H28BrClN2O8S. The molecule has 0 spiro atoms. The fraction of sp³-hybridized carbons (Fsp3) is 0.310. The van der Waals surface area contributed by atoms with E-state index in [4.69, 9.17) is 35.3 Å². The molecule has 10 nitrogen and oxygen atoms in total. The van der Waals surface area contributed by atoms with E-state index in [1.807, 2.05) is 0 Å². The molecule has 4 rings (SSSR count). The lowest BCUT2D eigenvalue weighted by Crippen LogP contribution is -2.40. The van der Waals surface area contributed by atoms with Crippen LogP contribution in [0.5, 0.6) is 17.2 Å². The molecule has 0 radical (unpaired) electrons. The third kappa shape index (κ3) is 6.40. The van der Waals surface area contributed by atoms with Gasteiger partial charge in [0.25, 0.3) is 5.56 Å². The highest BCUT2D eigenvalue weighted by Gasteiger charge is 2.35. The number of thiazole rings is 1. The molecule has 42 heavy (non-hydrogen) atoms. The maximum Gasteiger partial charge on any atom is 0.344 e. The molecule has 0 N–H and O–H groups in total. The topological polar surface area (TPSA) is 115 Å². The average Bonchev–Trinajstić information content (AvgIpc) is 3.25. The first kappa shape index (κ1) is 31.3. The summed E-state index contributed by atoms with van der Waals surface area (Å²) in [5, 5.41) is 0.407. The van der Waals surface area contributed by atoms with Gasteiger partial charge in [0, 0.05) is 15.1 Å². The van der Waals surface area contributed by atoms with Crippen LogP contribution in [-0.4, -0.2) is 50.5 Å². The second kappa shape index (κ2) is 13.6. The van der Waals surface area contributed by atoms with Crippen LogP contribution in [0.1, 0.15) is 37.9 Å². The third-order valence-electron chi connectivity index (χ3n) is 6.22. The number of carbonyl (C=O) groups excluding carboxylic acids is 2. The van der Waals surface area contributed by atoms with Crippen molar-refractivity contribution in [2.24, 2.45) is 4.99 Å². The van der Waals surface area contributed by atoms with E-state index in [0.29, 0.717) is 52.9 Å². The van der Waals surface area contributed by atoms with Crippen molar-refractivity contribution >= 4 is 56.9 Å². The predicted octanol–water partition coefficient (Wildman–Crippen LogP) is 4.17. The standard InChI is InChI=1S/C29H28BrClN2O8S/c1-6-39-24(34)14-41-20-9-8-17(31)10-16(20)11-23-27(35)33-26(18-12-21(37-4)22(38-5)13-19(18)30)25(28(36)40-7-2)15(3)32-29(33)42-23/h8-13,26H,6-7,14H2,1-5H3/b23-11-/t26-/m0/s1. The van der Waals surface area contributed by atoms with Crippen LogP contribution in [0.4, 0.5) is 0 Å². The molecule has 3 aromatic rings. The van der Waals surface area contributed by atoms with Gasteiger partial charge in [-0.2, -0.15) is 0 Å². The van der Waals surface area contributed by atoms with Crippen molar-refractivity contribution in [3.63, 3.8) is 0 Å². The summed E-state index contributed by atoms with van der Waals surface area (Å²) in [4.78, 5) is 44.2. The SMILES string of the molecule is CCOC(=O)COc1ccc(Cl)cc1/C=c1\sc2n(c1=O)[C@@H](c1cc(OC)c(OC)cc1Br)C(C(=O)OCC)=C(C)N=2. The summed E-state index contributed by atoms with van der Waals surface area (Å²) in [6, 6.07) is 7.37. The molecule has 222 valence electrons. The van der Waals surface area contributed by atoms with Crippen molar-refractivity contribution in [3.8, 4) is 17.2 Å². The minimum Gasteiger partial charge on any atom is -0.493 e. The molecule has 0 amide bonds. The second-order valence-corrected chi connectivity index (χ2v) is 11.1. The number of benzene rings is 2.